The van der Waals surface area contributed by atoms with Crippen molar-refractivity contribution in [2.24, 2.45) is 0 Å². The summed E-state index contributed by atoms with van der Waals surface area (Å²) in [5.74, 6) is 0. The van der Waals surface area contributed by atoms with Crippen molar-refractivity contribution < 1.29 is 4.74 Å². The van der Waals surface area contributed by atoms with E-state index in [0.29, 0.717) is 24.2 Å². The first kappa shape index (κ1) is 19.1. The van der Waals surface area contributed by atoms with Crippen LogP contribution in [0.3, 0.4) is 0 Å². The smallest absolute Gasteiger partial charge is 0.0594 e. The van der Waals surface area contributed by atoms with Gasteiger partial charge in [-0.1, -0.05) is 0 Å². The van der Waals surface area contributed by atoms with Gasteiger partial charge >= 0.3 is 0 Å². The lowest BCUT2D eigenvalue weighted by Gasteiger charge is -2.43. The van der Waals surface area contributed by atoms with Crippen LogP contribution in [-0.2, 0) is 4.74 Å². The van der Waals surface area contributed by atoms with Crippen molar-refractivity contribution in [3.8, 4) is 0 Å². The van der Waals surface area contributed by atoms with E-state index in [-0.39, 0.29) is 0 Å². The largest absolute Gasteiger partial charge is 0.379 e. The van der Waals surface area contributed by atoms with Gasteiger partial charge in [-0.25, -0.2) is 0 Å². The summed E-state index contributed by atoms with van der Waals surface area (Å²) in [5, 5.41) is 0. The number of piperazine rings is 2. The van der Waals surface area contributed by atoms with Crippen molar-refractivity contribution in [1.29, 1.82) is 0 Å². The van der Waals surface area contributed by atoms with Crippen LogP contribution < -0.4 is 0 Å². The Morgan fingerprint density at radius 3 is 1.43 bits per heavy atom. The van der Waals surface area contributed by atoms with Crippen molar-refractivity contribution in [1.82, 2.24) is 19.6 Å². The molecule has 0 spiro atoms. The van der Waals surface area contributed by atoms with Gasteiger partial charge in [0.1, 0.15) is 0 Å². The van der Waals surface area contributed by atoms with Crippen LogP contribution in [0.5, 0.6) is 0 Å². The molecular weight excluding hydrogens is 288 g/mol. The van der Waals surface area contributed by atoms with Crippen LogP contribution in [0.1, 0.15) is 27.7 Å². The number of ether oxygens (including phenoxy) is 1. The molecule has 0 aliphatic carbocycles. The van der Waals surface area contributed by atoms with E-state index < -0.39 is 0 Å². The monoisotopic (exact) mass is 326 g/mol. The van der Waals surface area contributed by atoms with Gasteiger partial charge in [-0.2, -0.15) is 0 Å². The molecule has 0 saturated carbocycles. The maximum absolute atomic E-state index is 5.95. The van der Waals surface area contributed by atoms with Crippen LogP contribution in [-0.4, -0.2) is 110 Å². The van der Waals surface area contributed by atoms with Crippen molar-refractivity contribution in [2.75, 3.05) is 66.6 Å². The third kappa shape index (κ3) is 5.40. The van der Waals surface area contributed by atoms with E-state index in [1.807, 2.05) is 0 Å². The van der Waals surface area contributed by atoms with Gasteiger partial charge < -0.3 is 14.5 Å². The van der Waals surface area contributed by atoms with Crippen LogP contribution in [0.4, 0.5) is 0 Å². The Labute approximate surface area is 143 Å². The molecule has 5 nitrogen and oxygen atoms in total. The Bertz CT molecular complexity index is 322. The van der Waals surface area contributed by atoms with E-state index in [9.17, 15) is 0 Å². The molecule has 136 valence electrons. The summed E-state index contributed by atoms with van der Waals surface area (Å²) in [6.07, 6.45) is 0. The first-order chi connectivity index (χ1) is 10.9. The highest BCUT2D eigenvalue weighted by Crippen LogP contribution is 2.14. The second-order valence-electron chi connectivity index (χ2n) is 7.88. The highest BCUT2D eigenvalue weighted by atomic mass is 16.5. The molecule has 0 radical (unpaired) electrons. The van der Waals surface area contributed by atoms with Crippen LogP contribution in [0.25, 0.3) is 0 Å². The molecular formula is C18H38N4O. The van der Waals surface area contributed by atoms with Crippen LogP contribution in [0.15, 0.2) is 0 Å². The summed E-state index contributed by atoms with van der Waals surface area (Å²) in [4.78, 5) is 10.1. The number of rotatable bonds is 6. The Balaban J connectivity index is 1.60. The molecule has 2 saturated heterocycles. The zero-order valence-electron chi connectivity index (χ0n) is 16.2. The maximum atomic E-state index is 5.95. The first-order valence-corrected chi connectivity index (χ1v) is 9.34. The molecule has 2 aliphatic rings. The molecule has 5 heteroatoms. The fourth-order valence-corrected chi connectivity index (χ4v) is 3.83. The minimum atomic E-state index is 0.637. The molecule has 0 aromatic rings. The second-order valence-corrected chi connectivity index (χ2v) is 7.88. The Hall–Kier alpha value is -0.200. The van der Waals surface area contributed by atoms with E-state index in [1.165, 1.54) is 0 Å². The summed E-state index contributed by atoms with van der Waals surface area (Å²) >= 11 is 0. The fraction of sp³-hybridized carbons (Fsp3) is 1.00. The molecule has 23 heavy (non-hydrogen) atoms. The lowest BCUT2D eigenvalue weighted by Crippen LogP contribution is -2.56. The van der Waals surface area contributed by atoms with Gasteiger partial charge in [0.15, 0.2) is 0 Å². The van der Waals surface area contributed by atoms with E-state index in [0.717, 1.165) is 52.5 Å². The molecule has 2 heterocycles. The molecule has 0 amide bonds. The van der Waals surface area contributed by atoms with E-state index in [2.05, 4.69) is 61.4 Å². The third-order valence-corrected chi connectivity index (χ3v) is 5.90. The Morgan fingerprint density at radius 1 is 0.652 bits per heavy atom. The maximum Gasteiger partial charge on any atom is 0.0594 e. The van der Waals surface area contributed by atoms with Crippen LogP contribution in [0, 0.1) is 0 Å². The summed E-state index contributed by atoms with van der Waals surface area (Å²) in [5.41, 5.74) is 0. The molecule has 0 N–H and O–H groups in total. The minimum Gasteiger partial charge on any atom is -0.379 e. The quantitative estimate of drug-likeness (QED) is 0.679. The minimum absolute atomic E-state index is 0.637. The van der Waals surface area contributed by atoms with Gasteiger partial charge in [0.2, 0.25) is 0 Å². The van der Waals surface area contributed by atoms with Gasteiger partial charge in [-0.3, -0.25) is 9.80 Å². The Kier molecular flexibility index (Phi) is 7.29. The van der Waals surface area contributed by atoms with Crippen LogP contribution >= 0.6 is 0 Å². The molecule has 0 bridgehead atoms. The standard InChI is InChI=1S/C18H38N4O/c1-15-13-21(17(3)11-19(15)5)7-9-23-10-8-22-14-16(2)20(6)12-18(22)4/h15-18H,7-14H2,1-6H3. The van der Waals surface area contributed by atoms with Gasteiger partial charge in [0, 0.05) is 63.4 Å². The Morgan fingerprint density at radius 2 is 1.04 bits per heavy atom. The average molecular weight is 327 g/mol. The predicted molar refractivity (Wildman–Crippen MR) is 97.1 cm³/mol. The van der Waals surface area contributed by atoms with Gasteiger partial charge in [-0.15, -0.1) is 0 Å². The summed E-state index contributed by atoms with van der Waals surface area (Å²) in [6.45, 7) is 17.8. The second kappa shape index (κ2) is 8.77. The number of likely N-dealkylation sites (N-methyl/N-ethyl adjacent to an activating group) is 2. The van der Waals surface area contributed by atoms with Crippen molar-refractivity contribution in [2.45, 2.75) is 51.9 Å². The first-order valence-electron chi connectivity index (χ1n) is 9.34. The molecule has 2 aliphatic heterocycles. The lowest BCUT2D eigenvalue weighted by atomic mass is 10.1. The molecule has 0 aromatic heterocycles. The van der Waals surface area contributed by atoms with Crippen molar-refractivity contribution >= 4 is 0 Å². The summed E-state index contributed by atoms with van der Waals surface area (Å²) in [7, 11) is 4.46. The zero-order valence-corrected chi connectivity index (χ0v) is 16.2. The van der Waals surface area contributed by atoms with Crippen LogP contribution in [0.2, 0.25) is 0 Å². The predicted octanol–water partition coefficient (Wildman–Crippen LogP) is 1.05. The van der Waals surface area contributed by atoms with Gasteiger partial charge in [-0.05, 0) is 41.8 Å². The normalized spacial score (nSPS) is 35.7. The van der Waals surface area contributed by atoms with Gasteiger partial charge in [0.25, 0.3) is 0 Å². The van der Waals surface area contributed by atoms with Crippen molar-refractivity contribution in [3.05, 3.63) is 0 Å². The molecule has 4 unspecified atom stereocenters. The summed E-state index contributed by atoms with van der Waals surface area (Å²) < 4.78 is 5.95. The van der Waals surface area contributed by atoms with Gasteiger partial charge in [0.05, 0.1) is 13.2 Å². The number of nitrogens with zero attached hydrogens (tertiary/aromatic N) is 4. The van der Waals surface area contributed by atoms with E-state index in [4.69, 9.17) is 4.74 Å². The highest BCUT2D eigenvalue weighted by molar-refractivity contribution is 4.83. The summed E-state index contributed by atoms with van der Waals surface area (Å²) in [6, 6.07) is 2.58. The average Bonchev–Trinajstić information content (AvgIpc) is 2.49. The third-order valence-electron chi connectivity index (χ3n) is 5.90. The highest BCUT2D eigenvalue weighted by Gasteiger charge is 2.27. The number of hydrogen-bond donors (Lipinski definition) is 0. The van der Waals surface area contributed by atoms with Crippen molar-refractivity contribution in [3.63, 3.8) is 0 Å². The fourth-order valence-electron chi connectivity index (χ4n) is 3.83. The molecule has 4 atom stereocenters. The molecule has 0 aromatic carbocycles. The lowest BCUT2D eigenvalue weighted by molar-refractivity contribution is 0.0105. The van der Waals surface area contributed by atoms with E-state index >= 15 is 0 Å². The molecule has 2 fully saturated rings. The zero-order chi connectivity index (χ0) is 17.0. The topological polar surface area (TPSA) is 22.2 Å². The SMILES string of the molecule is CC1CN(CCOCCN2CC(C)N(C)CC2C)C(C)CN1C. The van der Waals surface area contributed by atoms with E-state index in [1.54, 1.807) is 0 Å². The molecule has 2 rings (SSSR count). The number of hydrogen-bond acceptors (Lipinski definition) is 5.